The second-order valence-corrected chi connectivity index (χ2v) is 16.6. The van der Waals surface area contributed by atoms with E-state index in [1.807, 2.05) is 72.8 Å². The number of aliphatic hydroxyl groups is 2. The third-order valence-corrected chi connectivity index (χ3v) is 13.8. The van der Waals surface area contributed by atoms with Crippen LogP contribution < -0.4 is 50.8 Å². The van der Waals surface area contributed by atoms with Gasteiger partial charge >= 0.3 is 0 Å². The van der Waals surface area contributed by atoms with Crippen LogP contribution in [0.4, 0.5) is 0 Å². The van der Waals surface area contributed by atoms with Crippen molar-refractivity contribution >= 4 is 60.3 Å². The van der Waals surface area contributed by atoms with E-state index in [9.17, 15) is 10.2 Å². The Morgan fingerprint density at radius 1 is 0.436 bits per heavy atom. The Morgan fingerprint density at radius 3 is 0.745 bits per heavy atom. The molecule has 7 nitrogen and oxygen atoms in total. The Morgan fingerprint density at radius 2 is 0.600 bits per heavy atom. The van der Waals surface area contributed by atoms with Crippen LogP contribution in [0.25, 0.3) is 0 Å². The number of nitrogens with zero attached hydrogens (tertiary/aromatic N) is 1. The van der Waals surface area contributed by atoms with Gasteiger partial charge in [0.25, 0.3) is 0 Å². The number of methoxy groups -OCH3 is 4. The number of hydrogen-bond acceptors (Lipinski definition) is 8. The van der Waals surface area contributed by atoms with E-state index in [0.29, 0.717) is 0 Å². The van der Waals surface area contributed by atoms with Gasteiger partial charge in [-0.1, -0.05) is 29.7 Å². The molecule has 291 valence electrons. The molecule has 0 amide bonds. The van der Waals surface area contributed by atoms with E-state index in [0.717, 1.165) is 34.1 Å². The van der Waals surface area contributed by atoms with E-state index in [1.54, 1.807) is 28.4 Å². The predicted molar refractivity (Wildman–Crippen MR) is 231 cm³/mol. The summed E-state index contributed by atoms with van der Waals surface area (Å²) >= 11 is 3.70. The molecule has 0 aliphatic rings. The SMILES string of the molecule is COc1ccc([PH+](c2ccc(CO)cc2)c2ccc(OC)cc2)cc1.COc1ccc([PH+](c2ccc(CO)cc2)c2ccc(OC)cc2)cc1.N#C[S-].[Ag].[CH3-]. The first-order valence-corrected chi connectivity index (χ1v) is 20.1. The fourth-order valence-electron chi connectivity index (χ4n) is 5.58. The molecule has 0 saturated heterocycles. The summed E-state index contributed by atoms with van der Waals surface area (Å²) < 4.78 is 21.2. The fraction of sp³-hybridized carbons (Fsp3) is 0.136. The molecule has 0 aliphatic carbocycles. The van der Waals surface area contributed by atoms with Crippen molar-refractivity contribution in [2.45, 2.75) is 13.2 Å². The Labute approximate surface area is 349 Å². The van der Waals surface area contributed by atoms with E-state index < -0.39 is 15.8 Å². The van der Waals surface area contributed by atoms with Crippen molar-refractivity contribution in [2.24, 2.45) is 0 Å². The van der Waals surface area contributed by atoms with Gasteiger partial charge in [-0.3, -0.25) is 0 Å². The quantitative estimate of drug-likeness (QED) is 0.0521. The van der Waals surface area contributed by atoms with Gasteiger partial charge in [0.05, 0.1) is 57.5 Å². The van der Waals surface area contributed by atoms with Gasteiger partial charge < -0.3 is 49.2 Å². The van der Waals surface area contributed by atoms with Crippen molar-refractivity contribution in [1.29, 1.82) is 5.26 Å². The van der Waals surface area contributed by atoms with Crippen LogP contribution in [0.1, 0.15) is 11.1 Å². The van der Waals surface area contributed by atoms with Crippen LogP contribution >= 0.6 is 15.8 Å². The molecule has 1 radical (unpaired) electrons. The summed E-state index contributed by atoms with van der Waals surface area (Å²) in [5, 5.41) is 34.8. The molecule has 0 aliphatic heterocycles. The molecule has 2 N–H and O–H groups in total. The van der Waals surface area contributed by atoms with E-state index >= 15 is 0 Å². The van der Waals surface area contributed by atoms with Crippen LogP contribution in [-0.4, -0.2) is 38.7 Å². The van der Waals surface area contributed by atoms with Gasteiger partial charge in [-0.25, -0.2) is 5.26 Å². The van der Waals surface area contributed by atoms with Gasteiger partial charge in [0.15, 0.2) is 0 Å². The number of benzene rings is 6. The van der Waals surface area contributed by atoms with Crippen molar-refractivity contribution in [2.75, 3.05) is 28.4 Å². The zero-order valence-electron chi connectivity index (χ0n) is 31.5. The van der Waals surface area contributed by atoms with Crippen LogP contribution in [-0.2, 0) is 48.2 Å². The van der Waals surface area contributed by atoms with Gasteiger partial charge in [-0.2, -0.15) is 0 Å². The molecular formula is C44H47AgNO6P2S. The van der Waals surface area contributed by atoms with Gasteiger partial charge in [0.2, 0.25) is 0 Å². The molecule has 0 saturated carbocycles. The minimum atomic E-state index is -1.14. The molecule has 6 aromatic rings. The molecule has 0 spiro atoms. The molecule has 11 heteroatoms. The summed E-state index contributed by atoms with van der Waals surface area (Å²) in [6.45, 7) is 0.126. The molecule has 0 aromatic heterocycles. The summed E-state index contributed by atoms with van der Waals surface area (Å²) in [5.41, 5.74) is 1.85. The monoisotopic (exact) mass is 886 g/mol. The molecule has 6 aromatic carbocycles. The molecular weight excluding hydrogens is 840 g/mol. The number of ether oxygens (including phenoxy) is 4. The predicted octanol–water partition coefficient (Wildman–Crippen LogP) is 5.84. The largest absolute Gasteiger partial charge is 0.696 e. The van der Waals surface area contributed by atoms with Crippen molar-refractivity contribution < 1.29 is 51.5 Å². The third kappa shape index (κ3) is 13.5. The topological polar surface area (TPSA) is 101 Å². The Kier molecular flexibility index (Phi) is 21.3. The number of rotatable bonds is 12. The smallest absolute Gasteiger partial charge is 0.119 e. The standard InChI is InChI=1S/2C21H21O3P.CHNS.CH3.Ag/c2*1-23-17-5-11-20(12-6-17)25(19-9-3-16(15-22)4-10-19)21-13-7-18(24-2)8-14-21;2-1-3;;/h2*3-14,22H,15H2,1-2H3;3H;1H3;/q;;;-1;/p+1. The van der Waals surface area contributed by atoms with Crippen LogP contribution in [0.2, 0.25) is 0 Å². The number of aliphatic hydroxyl groups excluding tert-OH is 2. The van der Waals surface area contributed by atoms with Crippen molar-refractivity contribution in [3.05, 3.63) is 164 Å². The first-order chi connectivity index (χ1) is 25.9. The van der Waals surface area contributed by atoms with Crippen molar-refractivity contribution in [1.82, 2.24) is 0 Å². The summed E-state index contributed by atoms with van der Waals surface area (Å²) in [7, 11) is 4.43. The van der Waals surface area contributed by atoms with E-state index in [2.05, 4.69) is 85.4 Å². The first kappa shape index (κ1) is 46.9. The zero-order chi connectivity index (χ0) is 38.0. The molecule has 0 bridgehead atoms. The second-order valence-electron chi connectivity index (χ2n) is 11.5. The number of nitriles is 1. The Bertz CT molecular complexity index is 1620. The van der Waals surface area contributed by atoms with Crippen molar-refractivity contribution in [3.63, 3.8) is 0 Å². The zero-order valence-corrected chi connectivity index (χ0v) is 35.8. The maximum atomic E-state index is 9.30. The van der Waals surface area contributed by atoms with E-state index in [-0.39, 0.29) is 43.0 Å². The average Bonchev–Trinajstić information content (AvgIpc) is 3.23. The summed E-state index contributed by atoms with van der Waals surface area (Å²) in [5.74, 6) is 3.43. The molecule has 0 heterocycles. The van der Waals surface area contributed by atoms with E-state index in [1.165, 1.54) is 37.2 Å². The van der Waals surface area contributed by atoms with Crippen molar-refractivity contribution in [3.8, 4) is 28.4 Å². The summed E-state index contributed by atoms with van der Waals surface area (Å²) in [4.78, 5) is 0. The van der Waals surface area contributed by atoms with Crippen LogP contribution in [0.5, 0.6) is 23.0 Å². The van der Waals surface area contributed by atoms with Crippen LogP contribution in [0, 0.1) is 18.1 Å². The van der Waals surface area contributed by atoms with Gasteiger partial charge in [0, 0.05) is 22.4 Å². The Hall–Kier alpha value is -4.25. The maximum absolute atomic E-state index is 9.30. The van der Waals surface area contributed by atoms with Crippen LogP contribution in [0.15, 0.2) is 146 Å². The van der Waals surface area contributed by atoms with Gasteiger partial charge in [-0.15, -0.1) is 0 Å². The normalized spacial score (nSPS) is 9.87. The van der Waals surface area contributed by atoms with Crippen LogP contribution in [0.3, 0.4) is 0 Å². The third-order valence-electron chi connectivity index (χ3n) is 8.37. The van der Waals surface area contributed by atoms with Gasteiger partial charge in [-0.05, 0) is 132 Å². The fourth-order valence-corrected chi connectivity index (χ4v) is 10.6. The number of hydrogen-bond donors (Lipinski definition) is 2. The molecule has 0 fully saturated rings. The Balaban J connectivity index is 0.000000343. The molecule has 0 unspecified atom stereocenters. The summed E-state index contributed by atoms with van der Waals surface area (Å²) in [6, 6.07) is 49.6. The number of thiocyanates is 1. The molecule has 6 rings (SSSR count). The van der Waals surface area contributed by atoms with E-state index in [4.69, 9.17) is 24.2 Å². The molecule has 55 heavy (non-hydrogen) atoms. The minimum absolute atomic E-state index is 0. The maximum Gasteiger partial charge on any atom is 0.119 e. The second kappa shape index (κ2) is 25.0. The average molecular weight is 888 g/mol. The first-order valence-electron chi connectivity index (χ1n) is 16.6. The minimum Gasteiger partial charge on any atom is -0.696 e. The van der Waals surface area contributed by atoms with Gasteiger partial charge in [0.1, 0.15) is 54.8 Å². The summed E-state index contributed by atoms with van der Waals surface area (Å²) in [6.07, 6.45) is 0. The molecule has 0 atom stereocenters.